The van der Waals surface area contributed by atoms with Gasteiger partial charge in [0.25, 0.3) is 0 Å². The summed E-state index contributed by atoms with van der Waals surface area (Å²) in [5.74, 6) is -0.216. The van der Waals surface area contributed by atoms with Gasteiger partial charge in [0.2, 0.25) is 0 Å². The fraction of sp³-hybridized carbons (Fsp3) is 0.385. The predicted molar refractivity (Wildman–Crippen MR) is 129 cm³/mol. The van der Waals surface area contributed by atoms with E-state index in [1.54, 1.807) is 6.07 Å². The van der Waals surface area contributed by atoms with Gasteiger partial charge in [-0.05, 0) is 74.8 Å². The van der Waals surface area contributed by atoms with Crippen LogP contribution in [-0.2, 0) is 0 Å². The van der Waals surface area contributed by atoms with Gasteiger partial charge in [0.15, 0.2) is 5.11 Å². The maximum absolute atomic E-state index is 14.7. The van der Waals surface area contributed by atoms with Crippen LogP contribution in [0.15, 0.2) is 54.7 Å². The summed E-state index contributed by atoms with van der Waals surface area (Å²) in [6.07, 6.45) is 7.90. The van der Waals surface area contributed by atoms with Crippen molar-refractivity contribution in [1.29, 1.82) is 0 Å². The van der Waals surface area contributed by atoms with Crippen molar-refractivity contribution in [2.75, 3.05) is 0 Å². The third-order valence-electron chi connectivity index (χ3n) is 6.99. The van der Waals surface area contributed by atoms with Gasteiger partial charge in [-0.2, -0.15) is 0 Å². The maximum atomic E-state index is 14.7. The molecule has 0 amide bonds. The molecule has 1 saturated heterocycles. The summed E-state index contributed by atoms with van der Waals surface area (Å²) < 4.78 is 16.7. The van der Waals surface area contributed by atoms with Gasteiger partial charge >= 0.3 is 0 Å². The molecule has 1 aliphatic carbocycles. The molecule has 1 saturated carbocycles. The highest BCUT2D eigenvalue weighted by atomic mass is 32.1. The summed E-state index contributed by atoms with van der Waals surface area (Å²) in [6.45, 7) is 4.13. The van der Waals surface area contributed by atoms with Crippen LogP contribution >= 0.6 is 12.2 Å². The molecule has 5 rings (SSSR count). The van der Waals surface area contributed by atoms with Gasteiger partial charge < -0.3 is 14.8 Å². The first kappa shape index (κ1) is 21.1. The topological polar surface area (TPSA) is 33.1 Å². The number of para-hydroxylation sites is 1. The highest BCUT2D eigenvalue weighted by molar-refractivity contribution is 7.80. The summed E-state index contributed by atoms with van der Waals surface area (Å²) in [4.78, 5) is 7.08. The molecule has 2 atom stereocenters. The molecule has 1 N–H and O–H groups in total. The Balaban J connectivity index is 1.64. The van der Waals surface area contributed by atoms with Crippen molar-refractivity contribution in [3.63, 3.8) is 0 Å². The van der Waals surface area contributed by atoms with Crippen LogP contribution in [0.25, 0.3) is 5.69 Å². The summed E-state index contributed by atoms with van der Waals surface area (Å²) in [6, 6.07) is 15.6. The normalized spacial score (nSPS) is 21.7. The van der Waals surface area contributed by atoms with Gasteiger partial charge in [-0.25, -0.2) is 4.39 Å². The number of benzene rings is 1. The Morgan fingerprint density at radius 2 is 1.78 bits per heavy atom. The number of aromatic nitrogens is 2. The zero-order chi connectivity index (χ0) is 22.2. The van der Waals surface area contributed by atoms with Gasteiger partial charge in [-0.3, -0.25) is 4.98 Å². The van der Waals surface area contributed by atoms with Crippen LogP contribution in [-0.4, -0.2) is 25.6 Å². The van der Waals surface area contributed by atoms with Gasteiger partial charge in [0, 0.05) is 23.6 Å². The van der Waals surface area contributed by atoms with E-state index in [0.29, 0.717) is 11.7 Å². The number of nitrogens with one attached hydrogen (secondary N) is 1. The number of hydrogen-bond donors (Lipinski definition) is 1. The van der Waals surface area contributed by atoms with Gasteiger partial charge in [-0.1, -0.05) is 37.5 Å². The third kappa shape index (κ3) is 3.60. The van der Waals surface area contributed by atoms with E-state index in [9.17, 15) is 4.39 Å². The second-order valence-electron chi connectivity index (χ2n) is 8.94. The summed E-state index contributed by atoms with van der Waals surface area (Å²) in [7, 11) is 0. The molecule has 3 heterocycles. The highest BCUT2D eigenvalue weighted by Gasteiger charge is 2.44. The van der Waals surface area contributed by atoms with E-state index in [2.05, 4.69) is 34.3 Å². The van der Waals surface area contributed by atoms with Crippen molar-refractivity contribution >= 4 is 17.3 Å². The van der Waals surface area contributed by atoms with E-state index >= 15 is 0 Å². The zero-order valence-corrected chi connectivity index (χ0v) is 19.4. The summed E-state index contributed by atoms with van der Waals surface area (Å²) in [5, 5.41) is 4.38. The average molecular weight is 449 g/mol. The second-order valence-corrected chi connectivity index (χ2v) is 9.33. The molecule has 2 aromatic heterocycles. The molecule has 1 aromatic carbocycles. The largest absolute Gasteiger partial charge is 0.352 e. The monoisotopic (exact) mass is 448 g/mol. The smallest absolute Gasteiger partial charge is 0.170 e. The van der Waals surface area contributed by atoms with Crippen LogP contribution in [0.1, 0.15) is 66.8 Å². The number of rotatable bonds is 4. The van der Waals surface area contributed by atoms with Crippen molar-refractivity contribution in [3.8, 4) is 5.69 Å². The van der Waals surface area contributed by atoms with Crippen molar-refractivity contribution in [2.24, 2.45) is 0 Å². The van der Waals surface area contributed by atoms with E-state index in [0.717, 1.165) is 35.0 Å². The molecular formula is C26H29FN4S. The lowest BCUT2D eigenvalue weighted by Crippen LogP contribution is -2.40. The number of aryl methyl sites for hydroxylation is 1. The summed E-state index contributed by atoms with van der Waals surface area (Å²) >= 11 is 5.89. The SMILES string of the molecule is Cc1cc(C2C(c3ccccn3)NC(=S)N2C2CCCCC2)c(C)n1-c1ccccc1F. The molecule has 0 spiro atoms. The Labute approximate surface area is 194 Å². The van der Waals surface area contributed by atoms with E-state index in [1.807, 2.05) is 42.0 Å². The highest BCUT2D eigenvalue weighted by Crippen LogP contribution is 2.44. The molecule has 166 valence electrons. The molecular weight excluding hydrogens is 419 g/mol. The molecule has 32 heavy (non-hydrogen) atoms. The molecule has 2 aliphatic rings. The molecule has 6 heteroatoms. The Morgan fingerprint density at radius 1 is 1.03 bits per heavy atom. The molecule has 4 nitrogen and oxygen atoms in total. The fourth-order valence-corrected chi connectivity index (χ4v) is 5.93. The number of thiocarbonyl (C=S) groups is 1. The predicted octanol–water partition coefficient (Wildman–Crippen LogP) is 5.93. The minimum atomic E-state index is -0.216. The molecule has 2 unspecified atom stereocenters. The number of nitrogens with zero attached hydrogens (tertiary/aromatic N) is 3. The lowest BCUT2D eigenvalue weighted by Gasteiger charge is -2.37. The zero-order valence-electron chi connectivity index (χ0n) is 18.6. The third-order valence-corrected chi connectivity index (χ3v) is 7.31. The van der Waals surface area contributed by atoms with Crippen molar-refractivity contribution in [2.45, 2.75) is 64.1 Å². The Hall–Kier alpha value is -2.73. The van der Waals surface area contributed by atoms with Crippen LogP contribution in [0.5, 0.6) is 0 Å². The van der Waals surface area contributed by atoms with Crippen LogP contribution in [0.2, 0.25) is 0 Å². The minimum absolute atomic E-state index is 0.0206. The second kappa shape index (κ2) is 8.66. The standard InChI is InChI=1S/C26H29FN4S/c1-17-16-20(18(2)30(17)23-14-7-6-12-21(23)27)25-24(22-13-8-9-15-28-22)29-26(32)31(25)19-10-4-3-5-11-19/h6-9,12-16,19,24-25H,3-5,10-11H2,1-2H3,(H,29,32). The Kier molecular flexibility index (Phi) is 5.72. The quantitative estimate of drug-likeness (QED) is 0.501. The van der Waals surface area contributed by atoms with Crippen LogP contribution in [0, 0.1) is 19.7 Å². The van der Waals surface area contributed by atoms with Gasteiger partial charge in [-0.15, -0.1) is 0 Å². The molecule has 3 aromatic rings. The number of hydrogen-bond acceptors (Lipinski definition) is 2. The summed E-state index contributed by atoms with van der Waals surface area (Å²) in [5.41, 5.74) is 4.81. The first-order valence-electron chi connectivity index (χ1n) is 11.5. The van der Waals surface area contributed by atoms with Gasteiger partial charge in [0.05, 0.1) is 23.5 Å². The van der Waals surface area contributed by atoms with Crippen molar-refractivity contribution in [1.82, 2.24) is 19.8 Å². The molecule has 2 fully saturated rings. The minimum Gasteiger partial charge on any atom is -0.352 e. The number of pyridine rings is 1. The molecule has 0 bridgehead atoms. The van der Waals surface area contributed by atoms with E-state index in [1.165, 1.54) is 30.9 Å². The molecule has 0 radical (unpaired) electrons. The average Bonchev–Trinajstić information content (AvgIpc) is 3.31. The van der Waals surface area contributed by atoms with Gasteiger partial charge in [0.1, 0.15) is 5.82 Å². The Morgan fingerprint density at radius 3 is 2.50 bits per heavy atom. The number of halogens is 1. The molecule has 1 aliphatic heterocycles. The van der Waals surface area contributed by atoms with Crippen molar-refractivity contribution < 1.29 is 4.39 Å². The van der Waals surface area contributed by atoms with Crippen LogP contribution < -0.4 is 5.32 Å². The van der Waals surface area contributed by atoms with Crippen LogP contribution in [0.3, 0.4) is 0 Å². The lowest BCUT2D eigenvalue weighted by molar-refractivity contribution is 0.197. The van der Waals surface area contributed by atoms with Crippen LogP contribution in [0.4, 0.5) is 4.39 Å². The van der Waals surface area contributed by atoms with E-state index < -0.39 is 0 Å². The Bertz CT molecular complexity index is 1120. The first-order chi connectivity index (χ1) is 15.6. The van der Waals surface area contributed by atoms with E-state index in [-0.39, 0.29) is 17.9 Å². The van der Waals surface area contributed by atoms with Crippen molar-refractivity contribution in [3.05, 3.63) is 83.2 Å². The first-order valence-corrected chi connectivity index (χ1v) is 11.9. The van der Waals surface area contributed by atoms with E-state index in [4.69, 9.17) is 12.2 Å². The lowest BCUT2D eigenvalue weighted by atomic mass is 9.90. The maximum Gasteiger partial charge on any atom is 0.170 e. The fourth-order valence-electron chi connectivity index (χ4n) is 5.54.